The van der Waals surface area contributed by atoms with Gasteiger partial charge in [-0.15, -0.1) is 0 Å². The van der Waals surface area contributed by atoms with Gasteiger partial charge in [0.2, 0.25) is 0 Å². The number of nitrogens with two attached hydrogens (primary N) is 1. The summed E-state index contributed by atoms with van der Waals surface area (Å²) in [6.45, 7) is 3.12. The molecule has 15 heavy (non-hydrogen) atoms. The number of carbonyl (C=O) groups is 1. The Hall–Kier alpha value is -1.55. The minimum absolute atomic E-state index is 0.121. The lowest BCUT2D eigenvalue weighted by Crippen LogP contribution is -2.48. The standard InChI is InChI=1S/C11H14N2O2/c1-7-2-3-10(12)9(4-7)11(14)13-8-5-15-6-8/h2-4,8H,5-6,12H2,1H3,(H,13,14). The van der Waals surface area contributed by atoms with E-state index in [1.807, 2.05) is 13.0 Å². The number of ether oxygens (including phenoxy) is 1. The molecule has 1 saturated heterocycles. The van der Waals surface area contributed by atoms with Gasteiger partial charge in [0.25, 0.3) is 5.91 Å². The van der Waals surface area contributed by atoms with E-state index in [-0.39, 0.29) is 11.9 Å². The molecule has 1 amide bonds. The molecule has 4 nitrogen and oxygen atoms in total. The quantitative estimate of drug-likeness (QED) is 0.700. The van der Waals surface area contributed by atoms with Crippen LogP contribution in [0.2, 0.25) is 0 Å². The summed E-state index contributed by atoms with van der Waals surface area (Å²) in [4.78, 5) is 11.8. The van der Waals surface area contributed by atoms with E-state index in [0.717, 1.165) is 5.56 Å². The number of nitrogens with one attached hydrogen (secondary N) is 1. The molecule has 0 atom stereocenters. The molecule has 0 aromatic heterocycles. The van der Waals surface area contributed by atoms with Crippen LogP contribution in [0, 0.1) is 6.92 Å². The van der Waals surface area contributed by atoms with E-state index >= 15 is 0 Å². The Morgan fingerprint density at radius 3 is 2.87 bits per heavy atom. The van der Waals surface area contributed by atoms with Gasteiger partial charge in [0.15, 0.2) is 0 Å². The van der Waals surface area contributed by atoms with Crippen LogP contribution in [0.15, 0.2) is 18.2 Å². The normalized spacial score (nSPS) is 15.8. The topological polar surface area (TPSA) is 64.4 Å². The van der Waals surface area contributed by atoms with Crippen LogP contribution in [0.1, 0.15) is 15.9 Å². The summed E-state index contributed by atoms with van der Waals surface area (Å²) in [7, 11) is 0. The van der Waals surface area contributed by atoms with Crippen molar-refractivity contribution >= 4 is 11.6 Å². The maximum absolute atomic E-state index is 11.8. The molecule has 1 aromatic rings. The predicted molar refractivity (Wildman–Crippen MR) is 57.7 cm³/mol. The van der Waals surface area contributed by atoms with Crippen LogP contribution >= 0.6 is 0 Å². The molecule has 4 heteroatoms. The molecule has 3 N–H and O–H groups in total. The first kappa shape index (κ1) is 9.98. The summed E-state index contributed by atoms with van der Waals surface area (Å²) in [6, 6.07) is 5.57. The van der Waals surface area contributed by atoms with Crippen molar-refractivity contribution in [1.29, 1.82) is 0 Å². The lowest BCUT2D eigenvalue weighted by molar-refractivity contribution is -0.00344. The molecule has 0 aliphatic carbocycles. The first-order valence-electron chi connectivity index (χ1n) is 4.91. The second-order valence-electron chi connectivity index (χ2n) is 3.80. The fourth-order valence-electron chi connectivity index (χ4n) is 1.45. The van der Waals surface area contributed by atoms with Gasteiger partial charge >= 0.3 is 0 Å². The number of hydrogen-bond donors (Lipinski definition) is 2. The highest BCUT2D eigenvalue weighted by Gasteiger charge is 2.21. The Bertz CT molecular complexity index is 386. The molecule has 1 aliphatic rings. The highest BCUT2D eigenvalue weighted by Crippen LogP contribution is 2.14. The van der Waals surface area contributed by atoms with Crippen LogP contribution in [-0.4, -0.2) is 25.2 Å². The summed E-state index contributed by atoms with van der Waals surface area (Å²) in [5.41, 5.74) is 7.82. The molecule has 0 spiro atoms. The summed E-state index contributed by atoms with van der Waals surface area (Å²) >= 11 is 0. The van der Waals surface area contributed by atoms with Crippen molar-refractivity contribution in [1.82, 2.24) is 5.32 Å². The van der Waals surface area contributed by atoms with Crippen LogP contribution in [0.3, 0.4) is 0 Å². The highest BCUT2D eigenvalue weighted by molar-refractivity contribution is 5.99. The Balaban J connectivity index is 2.12. The predicted octanol–water partition coefficient (Wildman–Crippen LogP) is 0.706. The lowest BCUT2D eigenvalue weighted by atomic mass is 10.1. The summed E-state index contributed by atoms with van der Waals surface area (Å²) in [6.07, 6.45) is 0. The Kier molecular flexibility index (Phi) is 2.60. The number of nitrogen functional groups attached to an aromatic ring is 1. The summed E-state index contributed by atoms with van der Waals surface area (Å²) in [5, 5.41) is 2.86. The third-order valence-corrected chi connectivity index (χ3v) is 2.43. The van der Waals surface area contributed by atoms with E-state index in [4.69, 9.17) is 10.5 Å². The average Bonchev–Trinajstić information content (AvgIpc) is 2.15. The monoisotopic (exact) mass is 206 g/mol. The fraction of sp³-hybridized carbons (Fsp3) is 0.364. The number of amides is 1. The van der Waals surface area contributed by atoms with Gasteiger partial charge in [-0.1, -0.05) is 11.6 Å². The van der Waals surface area contributed by atoms with Gasteiger partial charge in [-0.2, -0.15) is 0 Å². The smallest absolute Gasteiger partial charge is 0.253 e. The second-order valence-corrected chi connectivity index (χ2v) is 3.80. The zero-order valence-corrected chi connectivity index (χ0v) is 8.62. The molecule has 1 aromatic carbocycles. The van der Waals surface area contributed by atoms with Crippen LogP contribution in [0.4, 0.5) is 5.69 Å². The molecule has 0 saturated carbocycles. The molecule has 1 heterocycles. The van der Waals surface area contributed by atoms with E-state index in [1.54, 1.807) is 12.1 Å². The lowest BCUT2D eigenvalue weighted by Gasteiger charge is -2.27. The fourth-order valence-corrected chi connectivity index (χ4v) is 1.45. The Labute approximate surface area is 88.4 Å². The second kappa shape index (κ2) is 3.90. The Morgan fingerprint density at radius 1 is 1.53 bits per heavy atom. The van der Waals surface area contributed by atoms with E-state index in [0.29, 0.717) is 24.5 Å². The van der Waals surface area contributed by atoms with Crippen LogP contribution < -0.4 is 11.1 Å². The first-order valence-corrected chi connectivity index (χ1v) is 4.91. The van der Waals surface area contributed by atoms with Gasteiger partial charge in [0.1, 0.15) is 0 Å². The van der Waals surface area contributed by atoms with Crippen molar-refractivity contribution in [3.05, 3.63) is 29.3 Å². The van der Waals surface area contributed by atoms with Gasteiger partial charge in [-0.05, 0) is 19.1 Å². The van der Waals surface area contributed by atoms with Gasteiger partial charge in [-0.25, -0.2) is 0 Å². The Morgan fingerprint density at radius 2 is 2.27 bits per heavy atom. The van der Waals surface area contributed by atoms with Crippen LogP contribution in [-0.2, 0) is 4.74 Å². The van der Waals surface area contributed by atoms with Gasteiger partial charge < -0.3 is 15.8 Å². The molecular weight excluding hydrogens is 192 g/mol. The molecule has 0 bridgehead atoms. The minimum Gasteiger partial charge on any atom is -0.398 e. The molecular formula is C11H14N2O2. The van der Waals surface area contributed by atoms with Crippen LogP contribution in [0.5, 0.6) is 0 Å². The largest absolute Gasteiger partial charge is 0.398 e. The molecule has 0 unspecified atom stereocenters. The molecule has 1 fully saturated rings. The van der Waals surface area contributed by atoms with Gasteiger partial charge in [0, 0.05) is 5.69 Å². The van der Waals surface area contributed by atoms with Gasteiger partial charge in [-0.3, -0.25) is 4.79 Å². The summed E-state index contributed by atoms with van der Waals surface area (Å²) in [5.74, 6) is -0.121. The van der Waals surface area contributed by atoms with Crippen molar-refractivity contribution in [2.45, 2.75) is 13.0 Å². The van der Waals surface area contributed by atoms with Crippen molar-refractivity contribution in [2.75, 3.05) is 18.9 Å². The van der Waals surface area contributed by atoms with E-state index in [2.05, 4.69) is 5.32 Å². The van der Waals surface area contributed by atoms with Crippen molar-refractivity contribution in [3.63, 3.8) is 0 Å². The maximum Gasteiger partial charge on any atom is 0.253 e. The summed E-state index contributed by atoms with van der Waals surface area (Å²) < 4.78 is 4.98. The number of carbonyl (C=O) groups excluding carboxylic acids is 1. The van der Waals surface area contributed by atoms with E-state index < -0.39 is 0 Å². The number of rotatable bonds is 2. The number of aryl methyl sites for hydroxylation is 1. The first-order chi connectivity index (χ1) is 7.16. The van der Waals surface area contributed by atoms with Crippen molar-refractivity contribution < 1.29 is 9.53 Å². The molecule has 0 radical (unpaired) electrons. The average molecular weight is 206 g/mol. The van der Waals surface area contributed by atoms with E-state index in [1.165, 1.54) is 0 Å². The van der Waals surface area contributed by atoms with Gasteiger partial charge in [0.05, 0.1) is 24.8 Å². The molecule has 80 valence electrons. The molecule has 2 rings (SSSR count). The third-order valence-electron chi connectivity index (χ3n) is 2.43. The zero-order chi connectivity index (χ0) is 10.8. The van der Waals surface area contributed by atoms with Crippen LogP contribution in [0.25, 0.3) is 0 Å². The zero-order valence-electron chi connectivity index (χ0n) is 8.62. The minimum atomic E-state index is -0.121. The van der Waals surface area contributed by atoms with Crippen molar-refractivity contribution in [3.8, 4) is 0 Å². The number of hydrogen-bond acceptors (Lipinski definition) is 3. The van der Waals surface area contributed by atoms with E-state index in [9.17, 15) is 4.79 Å². The number of anilines is 1. The highest BCUT2D eigenvalue weighted by atomic mass is 16.5. The maximum atomic E-state index is 11.8. The molecule has 1 aliphatic heterocycles. The van der Waals surface area contributed by atoms with Crippen molar-refractivity contribution in [2.24, 2.45) is 0 Å². The SMILES string of the molecule is Cc1ccc(N)c(C(=O)NC2COC2)c1. The third kappa shape index (κ3) is 2.10. The number of benzene rings is 1.